The topological polar surface area (TPSA) is 50.2 Å². The predicted octanol–water partition coefficient (Wildman–Crippen LogP) is 2.51. The molecule has 2 aromatic carbocycles. The fourth-order valence-corrected chi connectivity index (χ4v) is 2.83. The SMILES string of the molecule is CNCc1ccc(-c2cnn(CC(=O)N(C)C)c2)c2ccccc12. The maximum Gasteiger partial charge on any atom is 0.243 e. The number of carbonyl (C=O) groups excluding carboxylic acids is 1. The number of fused-ring (bicyclic) bond motifs is 1. The highest BCUT2D eigenvalue weighted by atomic mass is 16.2. The van der Waals surface area contributed by atoms with Crippen LogP contribution in [0.2, 0.25) is 0 Å². The highest BCUT2D eigenvalue weighted by Crippen LogP contribution is 2.30. The van der Waals surface area contributed by atoms with Crippen LogP contribution in [0.25, 0.3) is 21.9 Å². The Morgan fingerprint density at radius 3 is 2.62 bits per heavy atom. The van der Waals surface area contributed by atoms with Crippen molar-refractivity contribution in [3.63, 3.8) is 0 Å². The van der Waals surface area contributed by atoms with Crippen LogP contribution < -0.4 is 5.32 Å². The van der Waals surface area contributed by atoms with Crippen LogP contribution in [0, 0.1) is 0 Å². The Kier molecular flexibility index (Phi) is 4.62. The third-order valence-corrected chi connectivity index (χ3v) is 4.12. The van der Waals surface area contributed by atoms with Gasteiger partial charge in [0.15, 0.2) is 0 Å². The Morgan fingerprint density at radius 2 is 1.92 bits per heavy atom. The van der Waals surface area contributed by atoms with Gasteiger partial charge in [0.25, 0.3) is 0 Å². The molecule has 0 aliphatic carbocycles. The van der Waals surface area contributed by atoms with E-state index in [1.807, 2.05) is 19.4 Å². The molecule has 1 aromatic heterocycles. The number of likely N-dealkylation sites (N-methyl/N-ethyl adjacent to an activating group) is 1. The molecule has 0 aliphatic heterocycles. The van der Waals surface area contributed by atoms with Gasteiger partial charge >= 0.3 is 0 Å². The second-order valence-electron chi connectivity index (χ2n) is 6.06. The summed E-state index contributed by atoms with van der Waals surface area (Å²) in [5.74, 6) is 0.0267. The van der Waals surface area contributed by atoms with Crippen molar-refractivity contribution in [2.45, 2.75) is 13.1 Å². The van der Waals surface area contributed by atoms with Gasteiger partial charge < -0.3 is 10.2 Å². The van der Waals surface area contributed by atoms with E-state index < -0.39 is 0 Å². The maximum atomic E-state index is 11.8. The maximum absolute atomic E-state index is 11.8. The molecule has 3 aromatic rings. The van der Waals surface area contributed by atoms with Crippen molar-refractivity contribution in [1.82, 2.24) is 20.0 Å². The summed E-state index contributed by atoms with van der Waals surface area (Å²) in [5, 5.41) is 9.99. The van der Waals surface area contributed by atoms with E-state index >= 15 is 0 Å². The van der Waals surface area contributed by atoms with Crippen molar-refractivity contribution in [1.29, 1.82) is 0 Å². The van der Waals surface area contributed by atoms with Gasteiger partial charge in [-0.1, -0.05) is 36.4 Å². The molecule has 1 N–H and O–H groups in total. The summed E-state index contributed by atoms with van der Waals surface area (Å²) in [6.07, 6.45) is 3.75. The molecular formula is C19H22N4O. The number of amides is 1. The minimum atomic E-state index is 0.0267. The van der Waals surface area contributed by atoms with Gasteiger partial charge in [0.2, 0.25) is 5.91 Å². The molecule has 3 rings (SSSR count). The monoisotopic (exact) mass is 322 g/mol. The molecule has 0 radical (unpaired) electrons. The Balaban J connectivity index is 2.00. The first-order valence-electron chi connectivity index (χ1n) is 7.98. The standard InChI is InChI=1S/C19H22N4O/c1-20-10-14-8-9-17(18-7-5-4-6-16(14)18)15-11-21-23(12-15)13-19(24)22(2)3/h4-9,11-12,20H,10,13H2,1-3H3. The van der Waals surface area contributed by atoms with Crippen LogP contribution >= 0.6 is 0 Å². The van der Waals surface area contributed by atoms with E-state index in [-0.39, 0.29) is 12.5 Å². The van der Waals surface area contributed by atoms with Gasteiger partial charge in [-0.15, -0.1) is 0 Å². The van der Waals surface area contributed by atoms with E-state index in [0.29, 0.717) is 0 Å². The molecular weight excluding hydrogens is 300 g/mol. The zero-order chi connectivity index (χ0) is 17.1. The van der Waals surface area contributed by atoms with Crippen molar-refractivity contribution in [2.75, 3.05) is 21.1 Å². The highest BCUT2D eigenvalue weighted by Gasteiger charge is 2.11. The third kappa shape index (κ3) is 3.16. The van der Waals surface area contributed by atoms with Crippen LogP contribution in [0.5, 0.6) is 0 Å². The molecule has 24 heavy (non-hydrogen) atoms. The first-order chi connectivity index (χ1) is 11.6. The van der Waals surface area contributed by atoms with Crippen LogP contribution in [0.4, 0.5) is 0 Å². The van der Waals surface area contributed by atoms with Crippen LogP contribution in [0.1, 0.15) is 5.56 Å². The number of nitrogens with zero attached hydrogens (tertiary/aromatic N) is 3. The molecule has 0 fully saturated rings. The second-order valence-corrected chi connectivity index (χ2v) is 6.06. The van der Waals surface area contributed by atoms with Gasteiger partial charge in [-0.05, 0) is 28.9 Å². The van der Waals surface area contributed by atoms with Gasteiger partial charge in [-0.3, -0.25) is 9.48 Å². The van der Waals surface area contributed by atoms with Gasteiger partial charge in [-0.25, -0.2) is 0 Å². The van der Waals surface area contributed by atoms with Crippen molar-refractivity contribution in [3.8, 4) is 11.1 Å². The Bertz CT molecular complexity index is 867. The van der Waals surface area contributed by atoms with Gasteiger partial charge in [0, 0.05) is 32.4 Å². The van der Waals surface area contributed by atoms with Crippen LogP contribution in [-0.4, -0.2) is 41.7 Å². The molecule has 5 heteroatoms. The molecule has 5 nitrogen and oxygen atoms in total. The van der Waals surface area contributed by atoms with Gasteiger partial charge in [-0.2, -0.15) is 5.10 Å². The average molecular weight is 322 g/mol. The number of nitrogens with one attached hydrogen (secondary N) is 1. The fourth-order valence-electron chi connectivity index (χ4n) is 2.83. The Morgan fingerprint density at radius 1 is 1.17 bits per heavy atom. The van der Waals surface area contributed by atoms with E-state index in [0.717, 1.165) is 17.7 Å². The predicted molar refractivity (Wildman–Crippen MR) is 96.6 cm³/mol. The highest BCUT2D eigenvalue weighted by molar-refractivity contribution is 5.98. The summed E-state index contributed by atoms with van der Waals surface area (Å²) in [6.45, 7) is 1.08. The number of hydrogen-bond donors (Lipinski definition) is 1. The van der Waals surface area contributed by atoms with Crippen LogP contribution in [0.15, 0.2) is 48.8 Å². The smallest absolute Gasteiger partial charge is 0.243 e. The Hall–Kier alpha value is -2.66. The van der Waals surface area contributed by atoms with E-state index in [1.54, 1.807) is 23.7 Å². The van der Waals surface area contributed by atoms with Crippen molar-refractivity contribution < 1.29 is 4.79 Å². The average Bonchev–Trinajstić information content (AvgIpc) is 3.03. The molecule has 0 bridgehead atoms. The molecule has 0 aliphatic rings. The fraction of sp³-hybridized carbons (Fsp3) is 0.263. The van der Waals surface area contributed by atoms with Crippen molar-refractivity contribution >= 4 is 16.7 Å². The summed E-state index contributed by atoms with van der Waals surface area (Å²) >= 11 is 0. The number of aromatic nitrogens is 2. The van der Waals surface area contributed by atoms with E-state index in [1.165, 1.54) is 16.3 Å². The summed E-state index contributed by atoms with van der Waals surface area (Å²) in [5.41, 5.74) is 3.43. The lowest BCUT2D eigenvalue weighted by Gasteiger charge is -2.10. The minimum Gasteiger partial charge on any atom is -0.347 e. The summed E-state index contributed by atoms with van der Waals surface area (Å²) < 4.78 is 1.69. The zero-order valence-electron chi connectivity index (χ0n) is 14.3. The molecule has 0 saturated heterocycles. The van der Waals surface area contributed by atoms with Crippen molar-refractivity contribution in [2.24, 2.45) is 0 Å². The third-order valence-electron chi connectivity index (χ3n) is 4.12. The first-order valence-corrected chi connectivity index (χ1v) is 7.98. The summed E-state index contributed by atoms with van der Waals surface area (Å²) in [6, 6.07) is 12.7. The molecule has 0 spiro atoms. The lowest BCUT2D eigenvalue weighted by atomic mass is 9.96. The van der Waals surface area contributed by atoms with E-state index in [2.05, 4.69) is 46.8 Å². The van der Waals surface area contributed by atoms with E-state index in [9.17, 15) is 4.79 Å². The lowest BCUT2D eigenvalue weighted by molar-refractivity contribution is -0.129. The molecule has 1 heterocycles. The van der Waals surface area contributed by atoms with Crippen LogP contribution in [-0.2, 0) is 17.9 Å². The summed E-state index contributed by atoms with van der Waals surface area (Å²) in [4.78, 5) is 13.4. The lowest BCUT2D eigenvalue weighted by Crippen LogP contribution is -2.26. The number of hydrogen-bond acceptors (Lipinski definition) is 3. The number of carbonyl (C=O) groups is 1. The minimum absolute atomic E-state index is 0.0267. The first kappa shape index (κ1) is 16.2. The molecule has 1 amide bonds. The normalized spacial score (nSPS) is 11.0. The van der Waals surface area contributed by atoms with Gasteiger partial charge in [0.1, 0.15) is 6.54 Å². The summed E-state index contributed by atoms with van der Waals surface area (Å²) in [7, 11) is 5.45. The Labute approximate surface area is 141 Å². The van der Waals surface area contributed by atoms with Crippen molar-refractivity contribution in [3.05, 3.63) is 54.4 Å². The molecule has 0 unspecified atom stereocenters. The zero-order valence-corrected chi connectivity index (χ0v) is 14.3. The van der Waals surface area contributed by atoms with Gasteiger partial charge in [0.05, 0.1) is 6.20 Å². The van der Waals surface area contributed by atoms with Crippen LogP contribution in [0.3, 0.4) is 0 Å². The molecule has 124 valence electrons. The molecule has 0 saturated carbocycles. The largest absolute Gasteiger partial charge is 0.347 e. The second kappa shape index (κ2) is 6.84. The number of rotatable bonds is 5. The molecule has 0 atom stereocenters. The quantitative estimate of drug-likeness (QED) is 0.785. The number of benzene rings is 2. The van der Waals surface area contributed by atoms with E-state index in [4.69, 9.17) is 0 Å².